The van der Waals surface area contributed by atoms with Crippen LogP contribution in [0.2, 0.25) is 0 Å². The highest BCUT2D eigenvalue weighted by atomic mass is 79.9. The fourth-order valence-corrected chi connectivity index (χ4v) is 3.22. The Morgan fingerprint density at radius 2 is 1.76 bits per heavy atom. The Balaban J connectivity index is 1.68. The van der Waals surface area contributed by atoms with Gasteiger partial charge in [0.05, 0.1) is 7.11 Å². The molecule has 0 atom stereocenters. The number of methoxy groups -OCH3 is 1. The van der Waals surface area contributed by atoms with Crippen LogP contribution in [0, 0.1) is 11.3 Å². The molecule has 0 radical (unpaired) electrons. The number of nitriles is 1. The predicted octanol–water partition coefficient (Wildman–Crippen LogP) is 5.13. The minimum Gasteiger partial charge on any atom is -0.489 e. The largest absolute Gasteiger partial charge is 0.489 e. The molecule has 0 spiro atoms. The summed E-state index contributed by atoms with van der Waals surface area (Å²) < 4.78 is 16.5. The lowest BCUT2D eigenvalue weighted by atomic mass is 10.1. The third kappa shape index (κ3) is 7.22. The number of nitrogens with zero attached hydrogens (tertiary/aromatic N) is 1. The van der Waals surface area contributed by atoms with Crippen LogP contribution < -0.4 is 14.8 Å². The van der Waals surface area contributed by atoms with Crippen molar-refractivity contribution in [1.82, 2.24) is 0 Å². The molecule has 3 rings (SSSR count). The number of anilines is 1. The number of esters is 1. The summed E-state index contributed by atoms with van der Waals surface area (Å²) in [7, 11) is 1.26. The van der Waals surface area contributed by atoms with E-state index in [2.05, 4.69) is 26.0 Å². The van der Waals surface area contributed by atoms with Crippen molar-refractivity contribution in [1.29, 1.82) is 5.26 Å². The van der Waals surface area contributed by atoms with E-state index in [1.807, 2.05) is 36.4 Å². The Labute approximate surface area is 205 Å². The Morgan fingerprint density at radius 1 is 1.03 bits per heavy atom. The summed E-state index contributed by atoms with van der Waals surface area (Å²) in [5, 5.41) is 12.2. The standard InChI is InChI=1S/C26H21BrN2O5/c1-32-25(30)17-34-24-12-7-21(27)14-19(24)13-20(15-28)26(31)29-22-8-10-23(11-9-22)33-16-18-5-3-2-4-6-18/h2-14H,16-17H2,1H3,(H,29,31)/b20-13+. The Kier molecular flexibility index (Phi) is 8.83. The molecular formula is C26H21BrN2O5. The highest BCUT2D eigenvalue weighted by Gasteiger charge is 2.13. The molecule has 0 bridgehead atoms. The number of carbonyl (C=O) groups is 2. The summed E-state index contributed by atoms with van der Waals surface area (Å²) >= 11 is 3.36. The van der Waals surface area contributed by atoms with Gasteiger partial charge in [0.1, 0.15) is 29.7 Å². The molecule has 3 aromatic carbocycles. The van der Waals surface area contributed by atoms with Gasteiger partial charge >= 0.3 is 5.97 Å². The molecule has 0 aromatic heterocycles. The van der Waals surface area contributed by atoms with Crippen molar-refractivity contribution in [2.75, 3.05) is 19.0 Å². The Morgan fingerprint density at radius 3 is 2.44 bits per heavy atom. The van der Waals surface area contributed by atoms with Gasteiger partial charge in [-0.3, -0.25) is 4.79 Å². The number of halogens is 1. The van der Waals surface area contributed by atoms with Crippen molar-refractivity contribution < 1.29 is 23.8 Å². The molecule has 8 heteroatoms. The summed E-state index contributed by atoms with van der Waals surface area (Å²) in [6.07, 6.45) is 1.39. The van der Waals surface area contributed by atoms with Gasteiger partial charge in [-0.05, 0) is 54.1 Å². The molecule has 3 aromatic rings. The molecule has 0 heterocycles. The van der Waals surface area contributed by atoms with Gasteiger partial charge in [-0.2, -0.15) is 5.26 Å². The van der Waals surface area contributed by atoms with Crippen LogP contribution in [0.5, 0.6) is 11.5 Å². The monoisotopic (exact) mass is 520 g/mol. The van der Waals surface area contributed by atoms with E-state index in [-0.39, 0.29) is 12.2 Å². The van der Waals surface area contributed by atoms with Gasteiger partial charge < -0.3 is 19.5 Å². The van der Waals surface area contributed by atoms with E-state index < -0.39 is 11.9 Å². The number of ether oxygens (including phenoxy) is 3. The van der Waals surface area contributed by atoms with Gasteiger partial charge in [0, 0.05) is 15.7 Å². The van der Waals surface area contributed by atoms with Crippen LogP contribution in [-0.2, 0) is 20.9 Å². The van der Waals surface area contributed by atoms with Crippen molar-refractivity contribution in [2.24, 2.45) is 0 Å². The predicted molar refractivity (Wildman–Crippen MR) is 131 cm³/mol. The topological polar surface area (TPSA) is 97.7 Å². The first kappa shape index (κ1) is 24.6. The van der Waals surface area contributed by atoms with Gasteiger partial charge in [0.2, 0.25) is 0 Å². The first-order valence-electron chi connectivity index (χ1n) is 10.2. The van der Waals surface area contributed by atoms with Crippen LogP contribution in [-0.4, -0.2) is 25.6 Å². The summed E-state index contributed by atoms with van der Waals surface area (Å²) in [6.45, 7) is 0.132. The highest BCUT2D eigenvalue weighted by Crippen LogP contribution is 2.26. The summed E-state index contributed by atoms with van der Waals surface area (Å²) in [4.78, 5) is 24.1. The number of hydrogen-bond donors (Lipinski definition) is 1. The van der Waals surface area contributed by atoms with E-state index in [1.165, 1.54) is 13.2 Å². The fraction of sp³-hybridized carbons (Fsp3) is 0.115. The smallest absolute Gasteiger partial charge is 0.343 e. The zero-order chi connectivity index (χ0) is 24.3. The van der Waals surface area contributed by atoms with Gasteiger partial charge in [-0.25, -0.2) is 4.79 Å². The molecule has 34 heavy (non-hydrogen) atoms. The van der Waals surface area contributed by atoms with E-state index in [0.29, 0.717) is 33.8 Å². The molecule has 0 aliphatic rings. The molecule has 0 saturated carbocycles. The van der Waals surface area contributed by atoms with Gasteiger partial charge in [-0.1, -0.05) is 46.3 Å². The number of amides is 1. The average molecular weight is 521 g/mol. The maximum absolute atomic E-state index is 12.7. The van der Waals surface area contributed by atoms with Crippen LogP contribution in [0.3, 0.4) is 0 Å². The average Bonchev–Trinajstić information content (AvgIpc) is 2.86. The molecule has 0 saturated heterocycles. The molecule has 7 nitrogen and oxygen atoms in total. The molecule has 0 aliphatic heterocycles. The van der Waals surface area contributed by atoms with E-state index in [4.69, 9.17) is 9.47 Å². The maximum Gasteiger partial charge on any atom is 0.343 e. The first-order valence-corrected chi connectivity index (χ1v) is 11.0. The SMILES string of the molecule is COC(=O)COc1ccc(Br)cc1/C=C(\C#N)C(=O)Nc1ccc(OCc2ccccc2)cc1. The third-order valence-electron chi connectivity index (χ3n) is 4.57. The van der Waals surface area contributed by atoms with Crippen molar-refractivity contribution >= 4 is 39.6 Å². The van der Waals surface area contributed by atoms with Crippen LogP contribution in [0.15, 0.2) is 82.8 Å². The molecule has 0 unspecified atom stereocenters. The summed E-state index contributed by atoms with van der Waals surface area (Å²) in [6, 6.07) is 23.6. The minimum atomic E-state index is -0.584. The molecule has 0 fully saturated rings. The molecule has 172 valence electrons. The Hall–Kier alpha value is -4.09. The van der Waals surface area contributed by atoms with Crippen LogP contribution in [0.4, 0.5) is 5.69 Å². The van der Waals surface area contributed by atoms with Crippen LogP contribution >= 0.6 is 15.9 Å². The van der Waals surface area contributed by atoms with E-state index in [9.17, 15) is 14.9 Å². The summed E-state index contributed by atoms with van der Waals surface area (Å²) in [5.74, 6) is -0.153. The number of carbonyl (C=O) groups excluding carboxylic acids is 2. The normalized spacial score (nSPS) is 10.7. The molecule has 0 aliphatic carbocycles. The minimum absolute atomic E-state index is 0.134. The van der Waals surface area contributed by atoms with Crippen molar-refractivity contribution in [3.63, 3.8) is 0 Å². The zero-order valence-electron chi connectivity index (χ0n) is 18.3. The highest BCUT2D eigenvalue weighted by molar-refractivity contribution is 9.10. The quantitative estimate of drug-likeness (QED) is 0.238. The van der Waals surface area contributed by atoms with Gasteiger partial charge in [0.25, 0.3) is 5.91 Å². The van der Waals surface area contributed by atoms with E-state index in [1.54, 1.807) is 42.5 Å². The number of benzene rings is 3. The van der Waals surface area contributed by atoms with Crippen LogP contribution in [0.1, 0.15) is 11.1 Å². The van der Waals surface area contributed by atoms with Gasteiger partial charge in [0.15, 0.2) is 6.61 Å². The lowest BCUT2D eigenvalue weighted by Gasteiger charge is -2.10. The van der Waals surface area contributed by atoms with E-state index >= 15 is 0 Å². The second-order valence-corrected chi connectivity index (χ2v) is 7.89. The van der Waals surface area contributed by atoms with E-state index in [0.717, 1.165) is 5.56 Å². The van der Waals surface area contributed by atoms with Crippen molar-refractivity contribution in [2.45, 2.75) is 6.61 Å². The number of hydrogen-bond acceptors (Lipinski definition) is 6. The lowest BCUT2D eigenvalue weighted by Crippen LogP contribution is -2.14. The summed E-state index contributed by atoms with van der Waals surface area (Å²) in [5.41, 5.74) is 1.88. The van der Waals surface area contributed by atoms with Crippen molar-refractivity contribution in [3.05, 3.63) is 94.0 Å². The lowest BCUT2D eigenvalue weighted by molar-refractivity contribution is -0.142. The Bertz CT molecular complexity index is 1220. The zero-order valence-corrected chi connectivity index (χ0v) is 19.9. The van der Waals surface area contributed by atoms with Crippen LogP contribution in [0.25, 0.3) is 6.08 Å². The second-order valence-electron chi connectivity index (χ2n) is 6.97. The fourth-order valence-electron chi connectivity index (χ4n) is 2.84. The van der Waals surface area contributed by atoms with Crippen molar-refractivity contribution in [3.8, 4) is 17.6 Å². The number of nitrogens with one attached hydrogen (secondary N) is 1. The maximum atomic E-state index is 12.7. The number of rotatable bonds is 9. The van der Waals surface area contributed by atoms with Gasteiger partial charge in [-0.15, -0.1) is 0 Å². The third-order valence-corrected chi connectivity index (χ3v) is 5.06. The molecular weight excluding hydrogens is 500 g/mol. The molecule has 1 amide bonds. The second kappa shape index (κ2) is 12.2. The molecule has 1 N–H and O–H groups in total. The first-order chi connectivity index (χ1) is 16.5.